The maximum absolute atomic E-state index is 12.3. The van der Waals surface area contributed by atoms with Crippen molar-refractivity contribution in [3.05, 3.63) is 34.9 Å². The van der Waals surface area contributed by atoms with Crippen LogP contribution in [0.1, 0.15) is 32.8 Å². The molecule has 0 aromatic heterocycles. The third-order valence-electron chi connectivity index (χ3n) is 3.91. The summed E-state index contributed by atoms with van der Waals surface area (Å²) >= 11 is 6.23. The average molecular weight is 295 g/mol. The van der Waals surface area contributed by atoms with Crippen molar-refractivity contribution >= 4 is 17.5 Å². The van der Waals surface area contributed by atoms with Gasteiger partial charge in [-0.05, 0) is 45.0 Å². The van der Waals surface area contributed by atoms with Gasteiger partial charge in [0, 0.05) is 17.5 Å². The van der Waals surface area contributed by atoms with Crippen molar-refractivity contribution in [2.24, 2.45) is 5.92 Å². The smallest absolute Gasteiger partial charge is 0.224 e. The second kappa shape index (κ2) is 6.15. The number of hydrogen-bond donors (Lipinski definition) is 1. The lowest BCUT2D eigenvalue weighted by atomic mass is 9.93. The Hall–Kier alpha value is -1.06. The molecule has 1 atom stereocenters. The number of carbonyl (C=O) groups excluding carboxylic acids is 1. The van der Waals surface area contributed by atoms with Crippen molar-refractivity contribution in [2.45, 2.75) is 32.7 Å². The van der Waals surface area contributed by atoms with Crippen LogP contribution in [0.2, 0.25) is 5.02 Å². The molecule has 1 aromatic rings. The Bertz CT molecular complexity index is 483. The molecule has 0 radical (unpaired) electrons. The molecule has 0 spiro atoms. The van der Waals surface area contributed by atoms with E-state index < -0.39 is 5.54 Å². The molecule has 0 bridgehead atoms. The van der Waals surface area contributed by atoms with Gasteiger partial charge in [-0.1, -0.05) is 36.7 Å². The van der Waals surface area contributed by atoms with E-state index in [1.807, 2.05) is 45.0 Å². The Morgan fingerprint density at radius 3 is 2.60 bits per heavy atom. The van der Waals surface area contributed by atoms with Crippen molar-refractivity contribution in [1.82, 2.24) is 10.2 Å². The molecule has 1 heterocycles. The molecule has 2 rings (SSSR count). The lowest BCUT2D eigenvalue weighted by Crippen LogP contribution is -2.48. The molecule has 1 saturated heterocycles. The highest BCUT2D eigenvalue weighted by Crippen LogP contribution is 2.27. The third-order valence-corrected chi connectivity index (χ3v) is 4.24. The molecule has 4 heteroatoms. The van der Waals surface area contributed by atoms with E-state index in [9.17, 15) is 4.79 Å². The fraction of sp³-hybridized carbons (Fsp3) is 0.562. The minimum Gasteiger partial charge on any atom is -0.347 e. The number of nitrogens with zero attached hydrogens (tertiary/aromatic N) is 1. The highest BCUT2D eigenvalue weighted by molar-refractivity contribution is 6.31. The number of likely N-dealkylation sites (tertiary alicyclic amines) is 1. The second-order valence-electron chi connectivity index (χ2n) is 6.15. The molecular formula is C16H23ClN2O. The standard InChI is InChI=1S/C16H23ClN2O/c1-12(11-19-9-6-10-19)15(20)18-16(2,3)13-7-4-5-8-14(13)17/h4-5,7-8,12H,6,9-11H2,1-3H3,(H,18,20)/t12-/m0/s1. The maximum atomic E-state index is 12.3. The van der Waals surface area contributed by atoms with Gasteiger partial charge >= 0.3 is 0 Å². The van der Waals surface area contributed by atoms with Gasteiger partial charge in [0.05, 0.1) is 5.54 Å². The zero-order valence-electron chi connectivity index (χ0n) is 12.4. The van der Waals surface area contributed by atoms with E-state index in [1.165, 1.54) is 6.42 Å². The van der Waals surface area contributed by atoms with Crippen LogP contribution in [0.5, 0.6) is 0 Å². The number of nitrogens with one attached hydrogen (secondary N) is 1. The first-order valence-electron chi connectivity index (χ1n) is 7.19. The zero-order chi connectivity index (χ0) is 14.8. The molecule has 1 amide bonds. The number of hydrogen-bond acceptors (Lipinski definition) is 2. The summed E-state index contributed by atoms with van der Waals surface area (Å²) in [5.41, 5.74) is 0.490. The van der Waals surface area contributed by atoms with Gasteiger partial charge in [0.2, 0.25) is 5.91 Å². The van der Waals surface area contributed by atoms with Crippen LogP contribution in [0.15, 0.2) is 24.3 Å². The largest absolute Gasteiger partial charge is 0.347 e. The van der Waals surface area contributed by atoms with Crippen molar-refractivity contribution in [3.8, 4) is 0 Å². The second-order valence-corrected chi connectivity index (χ2v) is 6.56. The molecule has 1 aliphatic rings. The Balaban J connectivity index is 1.99. The van der Waals surface area contributed by atoms with Gasteiger partial charge in [0.15, 0.2) is 0 Å². The van der Waals surface area contributed by atoms with Gasteiger partial charge in [0.25, 0.3) is 0 Å². The average Bonchev–Trinajstić information content (AvgIpc) is 2.33. The van der Waals surface area contributed by atoms with E-state index in [2.05, 4.69) is 10.2 Å². The Morgan fingerprint density at radius 1 is 1.40 bits per heavy atom. The minimum absolute atomic E-state index is 0.00272. The van der Waals surface area contributed by atoms with Crippen molar-refractivity contribution < 1.29 is 4.79 Å². The van der Waals surface area contributed by atoms with E-state index in [0.717, 1.165) is 25.2 Å². The summed E-state index contributed by atoms with van der Waals surface area (Å²) in [6, 6.07) is 7.66. The Kier molecular flexibility index (Phi) is 4.71. The molecule has 20 heavy (non-hydrogen) atoms. The molecule has 110 valence electrons. The predicted octanol–water partition coefficient (Wildman–Crippen LogP) is 3.03. The van der Waals surface area contributed by atoms with E-state index in [1.54, 1.807) is 0 Å². The van der Waals surface area contributed by atoms with E-state index in [4.69, 9.17) is 11.6 Å². The molecule has 0 unspecified atom stereocenters. The summed E-state index contributed by atoms with van der Waals surface area (Å²) in [5, 5.41) is 3.80. The van der Waals surface area contributed by atoms with Gasteiger partial charge in [0.1, 0.15) is 0 Å². The monoisotopic (exact) mass is 294 g/mol. The first-order valence-corrected chi connectivity index (χ1v) is 7.57. The van der Waals surface area contributed by atoms with Crippen LogP contribution in [0.4, 0.5) is 0 Å². The van der Waals surface area contributed by atoms with Crippen LogP contribution in [0.25, 0.3) is 0 Å². The molecule has 1 aromatic carbocycles. The zero-order valence-corrected chi connectivity index (χ0v) is 13.2. The molecule has 0 aliphatic carbocycles. The van der Waals surface area contributed by atoms with E-state index in [0.29, 0.717) is 5.02 Å². The van der Waals surface area contributed by atoms with Crippen LogP contribution in [-0.4, -0.2) is 30.4 Å². The number of rotatable bonds is 5. The summed E-state index contributed by atoms with van der Waals surface area (Å²) in [6.45, 7) is 9.03. The van der Waals surface area contributed by atoms with Gasteiger partial charge in [-0.2, -0.15) is 0 Å². The molecule has 1 N–H and O–H groups in total. The minimum atomic E-state index is -0.460. The van der Waals surface area contributed by atoms with E-state index >= 15 is 0 Å². The molecule has 3 nitrogen and oxygen atoms in total. The van der Waals surface area contributed by atoms with Gasteiger partial charge in [-0.25, -0.2) is 0 Å². The van der Waals surface area contributed by atoms with Crippen LogP contribution < -0.4 is 5.32 Å². The lowest BCUT2D eigenvalue weighted by Gasteiger charge is -2.34. The summed E-state index contributed by atoms with van der Waals surface area (Å²) < 4.78 is 0. The maximum Gasteiger partial charge on any atom is 0.224 e. The highest BCUT2D eigenvalue weighted by Gasteiger charge is 2.28. The summed E-state index contributed by atoms with van der Waals surface area (Å²) in [6.07, 6.45) is 1.25. The highest BCUT2D eigenvalue weighted by atomic mass is 35.5. The number of halogens is 1. The van der Waals surface area contributed by atoms with Crippen LogP contribution >= 0.6 is 11.6 Å². The number of carbonyl (C=O) groups is 1. The molecular weight excluding hydrogens is 272 g/mol. The van der Waals surface area contributed by atoms with Crippen LogP contribution in [0.3, 0.4) is 0 Å². The molecule has 1 aliphatic heterocycles. The summed E-state index contributed by atoms with van der Waals surface area (Å²) in [7, 11) is 0. The van der Waals surface area contributed by atoms with Crippen molar-refractivity contribution in [1.29, 1.82) is 0 Å². The first-order chi connectivity index (χ1) is 9.40. The number of benzene rings is 1. The topological polar surface area (TPSA) is 32.3 Å². The molecule has 0 saturated carbocycles. The van der Waals surface area contributed by atoms with E-state index in [-0.39, 0.29) is 11.8 Å². The van der Waals surface area contributed by atoms with Crippen molar-refractivity contribution in [3.63, 3.8) is 0 Å². The summed E-state index contributed by atoms with van der Waals surface area (Å²) in [4.78, 5) is 14.7. The quantitative estimate of drug-likeness (QED) is 0.905. The molecule has 1 fully saturated rings. The van der Waals surface area contributed by atoms with Gasteiger partial charge < -0.3 is 10.2 Å². The predicted molar refractivity (Wildman–Crippen MR) is 82.8 cm³/mol. The first kappa shape index (κ1) is 15.3. The summed E-state index contributed by atoms with van der Waals surface area (Å²) in [5.74, 6) is 0.0823. The van der Waals surface area contributed by atoms with Gasteiger partial charge in [-0.15, -0.1) is 0 Å². The Labute approximate surface area is 126 Å². The Morgan fingerprint density at radius 2 is 2.05 bits per heavy atom. The van der Waals surface area contributed by atoms with Crippen molar-refractivity contribution in [2.75, 3.05) is 19.6 Å². The van der Waals surface area contributed by atoms with Crippen LogP contribution in [0, 0.1) is 5.92 Å². The fourth-order valence-corrected chi connectivity index (χ4v) is 2.87. The lowest BCUT2D eigenvalue weighted by molar-refractivity contribution is -0.127. The van der Waals surface area contributed by atoms with Gasteiger partial charge in [-0.3, -0.25) is 4.79 Å². The van der Waals surface area contributed by atoms with Crippen LogP contribution in [-0.2, 0) is 10.3 Å². The third kappa shape index (κ3) is 3.53. The SMILES string of the molecule is C[C@@H](CN1CCC1)C(=O)NC(C)(C)c1ccccc1Cl. The number of amides is 1. The fourth-order valence-electron chi connectivity index (χ4n) is 2.50. The normalized spacial score (nSPS) is 17.4.